The Balaban J connectivity index is 1.51. The molecule has 2 heterocycles. The van der Waals surface area contributed by atoms with E-state index in [1.54, 1.807) is 22.9 Å². The largest absolute Gasteiger partial charge is 0.454 e. The minimum absolute atomic E-state index is 0.0922. The summed E-state index contributed by atoms with van der Waals surface area (Å²) in [5.74, 6) is 1.12. The van der Waals surface area contributed by atoms with Gasteiger partial charge in [0.2, 0.25) is 12.7 Å². The first-order valence-corrected chi connectivity index (χ1v) is 6.77. The van der Waals surface area contributed by atoms with Crippen LogP contribution in [0.4, 0.5) is 5.69 Å². The Morgan fingerprint density at radius 1 is 1.18 bits per heavy atom. The number of rotatable bonds is 3. The first kappa shape index (κ1) is 12.6. The fourth-order valence-electron chi connectivity index (χ4n) is 2.34. The average molecular weight is 296 g/mol. The molecule has 0 saturated heterocycles. The van der Waals surface area contributed by atoms with Crippen molar-refractivity contribution in [3.05, 3.63) is 42.5 Å². The van der Waals surface area contributed by atoms with Crippen LogP contribution in [-0.4, -0.2) is 27.7 Å². The Kier molecular flexibility index (Phi) is 2.89. The summed E-state index contributed by atoms with van der Waals surface area (Å²) in [6, 6.07) is 12.8. The van der Waals surface area contributed by atoms with Gasteiger partial charge >= 0.3 is 0 Å². The molecular formula is C15H12N4O3. The second-order valence-electron chi connectivity index (χ2n) is 4.85. The molecule has 4 rings (SSSR count). The number of carbonyl (C=O) groups is 1. The second-order valence-corrected chi connectivity index (χ2v) is 4.85. The third kappa shape index (κ3) is 2.22. The third-order valence-corrected chi connectivity index (χ3v) is 3.37. The molecule has 0 spiro atoms. The summed E-state index contributed by atoms with van der Waals surface area (Å²) < 4.78 is 12.1. The number of carbonyl (C=O) groups excluding carboxylic acids is 1. The maximum absolute atomic E-state index is 12.2. The van der Waals surface area contributed by atoms with Gasteiger partial charge < -0.3 is 14.8 Å². The SMILES string of the molecule is O=C(Cn1nnc2ccccc21)Nc1ccc2c(c1)OCO2. The van der Waals surface area contributed by atoms with E-state index < -0.39 is 0 Å². The number of benzene rings is 2. The fraction of sp³-hybridized carbons (Fsp3) is 0.133. The molecule has 0 atom stereocenters. The van der Waals surface area contributed by atoms with E-state index in [0.29, 0.717) is 17.2 Å². The first-order valence-electron chi connectivity index (χ1n) is 6.77. The Labute approximate surface area is 125 Å². The molecule has 1 aliphatic rings. The molecular weight excluding hydrogens is 284 g/mol. The number of aromatic nitrogens is 3. The van der Waals surface area contributed by atoms with E-state index in [1.807, 2.05) is 24.3 Å². The van der Waals surface area contributed by atoms with Gasteiger partial charge in [0.25, 0.3) is 0 Å². The van der Waals surface area contributed by atoms with Gasteiger partial charge in [-0.15, -0.1) is 5.10 Å². The van der Waals surface area contributed by atoms with E-state index in [9.17, 15) is 4.79 Å². The van der Waals surface area contributed by atoms with Crippen molar-refractivity contribution in [3.63, 3.8) is 0 Å². The van der Waals surface area contributed by atoms with E-state index in [2.05, 4.69) is 15.6 Å². The number of hydrogen-bond donors (Lipinski definition) is 1. The Morgan fingerprint density at radius 2 is 2.05 bits per heavy atom. The number of hydrogen-bond acceptors (Lipinski definition) is 5. The van der Waals surface area contributed by atoms with Crippen LogP contribution in [0.15, 0.2) is 42.5 Å². The molecule has 22 heavy (non-hydrogen) atoms. The molecule has 0 bridgehead atoms. The van der Waals surface area contributed by atoms with Crippen molar-refractivity contribution < 1.29 is 14.3 Å². The molecule has 110 valence electrons. The number of fused-ring (bicyclic) bond motifs is 2. The molecule has 1 amide bonds. The van der Waals surface area contributed by atoms with E-state index in [0.717, 1.165) is 11.0 Å². The lowest BCUT2D eigenvalue weighted by molar-refractivity contribution is -0.116. The Bertz CT molecular complexity index is 859. The van der Waals surface area contributed by atoms with Crippen molar-refractivity contribution in [2.75, 3.05) is 12.1 Å². The summed E-state index contributed by atoms with van der Waals surface area (Å²) in [5, 5.41) is 10.8. The van der Waals surface area contributed by atoms with Crippen LogP contribution in [0.2, 0.25) is 0 Å². The molecule has 2 aromatic carbocycles. The summed E-state index contributed by atoms with van der Waals surface area (Å²) in [4.78, 5) is 12.2. The van der Waals surface area contributed by atoms with E-state index in [4.69, 9.17) is 9.47 Å². The number of para-hydroxylation sites is 1. The third-order valence-electron chi connectivity index (χ3n) is 3.37. The summed E-state index contributed by atoms with van der Waals surface area (Å²) in [6.45, 7) is 0.298. The molecule has 0 fully saturated rings. The lowest BCUT2D eigenvalue weighted by Gasteiger charge is -2.06. The molecule has 0 aliphatic carbocycles. The minimum Gasteiger partial charge on any atom is -0.454 e. The van der Waals surface area contributed by atoms with Gasteiger partial charge in [-0.05, 0) is 24.3 Å². The molecule has 1 aliphatic heterocycles. The zero-order valence-electron chi connectivity index (χ0n) is 11.5. The lowest BCUT2D eigenvalue weighted by Crippen LogP contribution is -2.19. The van der Waals surface area contributed by atoms with Gasteiger partial charge in [-0.25, -0.2) is 4.68 Å². The molecule has 1 aromatic heterocycles. The highest BCUT2D eigenvalue weighted by Gasteiger charge is 2.14. The van der Waals surface area contributed by atoms with Crippen LogP contribution in [0.5, 0.6) is 11.5 Å². The van der Waals surface area contributed by atoms with Crippen LogP contribution in [0, 0.1) is 0 Å². The van der Waals surface area contributed by atoms with Crippen molar-refractivity contribution in [1.29, 1.82) is 0 Å². The summed E-state index contributed by atoms with van der Waals surface area (Å²) in [6.07, 6.45) is 0. The summed E-state index contributed by atoms with van der Waals surface area (Å²) >= 11 is 0. The quantitative estimate of drug-likeness (QED) is 0.797. The maximum atomic E-state index is 12.2. The smallest absolute Gasteiger partial charge is 0.246 e. The minimum atomic E-state index is -0.186. The topological polar surface area (TPSA) is 78.3 Å². The molecule has 1 N–H and O–H groups in total. The molecule has 0 radical (unpaired) electrons. The zero-order chi connectivity index (χ0) is 14.9. The van der Waals surface area contributed by atoms with Gasteiger partial charge in [-0.2, -0.15) is 0 Å². The summed E-state index contributed by atoms with van der Waals surface area (Å²) in [7, 11) is 0. The van der Waals surface area contributed by atoms with E-state index >= 15 is 0 Å². The molecule has 0 unspecified atom stereocenters. The van der Waals surface area contributed by atoms with Gasteiger partial charge in [0.1, 0.15) is 12.1 Å². The molecule has 0 saturated carbocycles. The van der Waals surface area contributed by atoms with Crippen LogP contribution < -0.4 is 14.8 Å². The molecule has 7 nitrogen and oxygen atoms in total. The van der Waals surface area contributed by atoms with E-state index in [-0.39, 0.29) is 19.2 Å². The normalized spacial score (nSPS) is 12.5. The van der Waals surface area contributed by atoms with Crippen molar-refractivity contribution in [3.8, 4) is 11.5 Å². The van der Waals surface area contributed by atoms with Crippen LogP contribution in [0.3, 0.4) is 0 Å². The Morgan fingerprint density at radius 3 is 3.00 bits per heavy atom. The van der Waals surface area contributed by atoms with Crippen molar-refractivity contribution in [1.82, 2.24) is 15.0 Å². The number of amides is 1. The summed E-state index contributed by atoms with van der Waals surface area (Å²) in [5.41, 5.74) is 2.24. The molecule has 7 heteroatoms. The van der Waals surface area contributed by atoms with E-state index in [1.165, 1.54) is 0 Å². The highest BCUT2D eigenvalue weighted by molar-refractivity contribution is 5.91. The maximum Gasteiger partial charge on any atom is 0.246 e. The average Bonchev–Trinajstić information content (AvgIpc) is 3.14. The number of ether oxygens (including phenoxy) is 2. The number of nitrogens with one attached hydrogen (secondary N) is 1. The first-order chi connectivity index (χ1) is 10.8. The number of anilines is 1. The van der Waals surface area contributed by atoms with Gasteiger partial charge in [-0.3, -0.25) is 4.79 Å². The number of nitrogens with zero attached hydrogens (tertiary/aromatic N) is 3. The van der Waals surface area contributed by atoms with Crippen LogP contribution in [-0.2, 0) is 11.3 Å². The lowest BCUT2D eigenvalue weighted by atomic mass is 10.2. The predicted molar refractivity (Wildman–Crippen MR) is 78.7 cm³/mol. The van der Waals surface area contributed by atoms with Crippen molar-refractivity contribution in [2.24, 2.45) is 0 Å². The highest BCUT2D eigenvalue weighted by atomic mass is 16.7. The van der Waals surface area contributed by atoms with Gasteiger partial charge in [0, 0.05) is 11.8 Å². The standard InChI is InChI=1S/C15H12N4O3/c20-15(8-19-12-4-2-1-3-11(12)17-18-19)16-10-5-6-13-14(7-10)22-9-21-13/h1-7H,8-9H2,(H,16,20). The Hall–Kier alpha value is -3.09. The van der Waals surface area contributed by atoms with Crippen LogP contribution in [0.25, 0.3) is 11.0 Å². The highest BCUT2D eigenvalue weighted by Crippen LogP contribution is 2.34. The van der Waals surface area contributed by atoms with Gasteiger partial charge in [-0.1, -0.05) is 17.3 Å². The monoisotopic (exact) mass is 296 g/mol. The second kappa shape index (κ2) is 5.03. The fourth-order valence-corrected chi connectivity index (χ4v) is 2.34. The van der Waals surface area contributed by atoms with Crippen molar-refractivity contribution in [2.45, 2.75) is 6.54 Å². The molecule has 3 aromatic rings. The van der Waals surface area contributed by atoms with Crippen LogP contribution >= 0.6 is 0 Å². The van der Waals surface area contributed by atoms with Crippen molar-refractivity contribution >= 4 is 22.6 Å². The predicted octanol–water partition coefficient (Wildman–Crippen LogP) is 1.80. The van der Waals surface area contributed by atoms with Gasteiger partial charge in [0.05, 0.1) is 5.52 Å². The van der Waals surface area contributed by atoms with Gasteiger partial charge in [0.15, 0.2) is 11.5 Å². The zero-order valence-corrected chi connectivity index (χ0v) is 11.5. The van der Waals surface area contributed by atoms with Crippen LogP contribution in [0.1, 0.15) is 0 Å².